The second-order valence-corrected chi connectivity index (χ2v) is 6.11. The maximum Gasteiger partial charge on any atom is 0.274 e. The molecule has 3 aromatic rings. The minimum Gasteiger partial charge on any atom is -0.347 e. The zero-order valence-corrected chi connectivity index (χ0v) is 14.8. The highest BCUT2D eigenvalue weighted by atomic mass is 35.5. The van der Waals surface area contributed by atoms with Crippen molar-refractivity contribution in [3.05, 3.63) is 94.5 Å². The van der Waals surface area contributed by atoms with Crippen LogP contribution >= 0.6 is 11.6 Å². The Balaban J connectivity index is 1.65. The van der Waals surface area contributed by atoms with E-state index in [-0.39, 0.29) is 23.7 Å². The number of hydrogen-bond donors (Lipinski definition) is 2. The minimum absolute atomic E-state index is 0.111. The fourth-order valence-electron chi connectivity index (χ4n) is 2.29. The lowest BCUT2D eigenvalue weighted by atomic mass is 10.2. The van der Waals surface area contributed by atoms with E-state index >= 15 is 0 Å². The molecule has 0 aliphatic heterocycles. The van der Waals surface area contributed by atoms with Crippen molar-refractivity contribution in [1.29, 1.82) is 0 Å². The number of pyridine rings is 1. The van der Waals surface area contributed by atoms with Gasteiger partial charge in [0.1, 0.15) is 17.2 Å². The molecule has 0 atom stereocenters. The van der Waals surface area contributed by atoms with Gasteiger partial charge in [0.25, 0.3) is 11.8 Å². The van der Waals surface area contributed by atoms with Gasteiger partial charge in [-0.1, -0.05) is 29.8 Å². The lowest BCUT2D eigenvalue weighted by molar-refractivity contribution is 0.0945. The number of hydrogen-bond acceptors (Lipinski definition) is 3. The van der Waals surface area contributed by atoms with Crippen molar-refractivity contribution in [3.63, 3.8) is 0 Å². The highest BCUT2D eigenvalue weighted by molar-refractivity contribution is 6.30. The Bertz CT molecular complexity index is 960. The molecule has 1 heterocycles. The van der Waals surface area contributed by atoms with Crippen LogP contribution in [0.4, 0.5) is 10.1 Å². The van der Waals surface area contributed by atoms with Gasteiger partial charge >= 0.3 is 0 Å². The van der Waals surface area contributed by atoms with Crippen molar-refractivity contribution < 1.29 is 14.0 Å². The fraction of sp³-hybridized carbons (Fsp3) is 0.0500. The monoisotopic (exact) mass is 383 g/mol. The molecule has 1 aromatic heterocycles. The van der Waals surface area contributed by atoms with Gasteiger partial charge in [-0.25, -0.2) is 9.37 Å². The normalized spacial score (nSPS) is 10.3. The molecule has 0 unspecified atom stereocenters. The Kier molecular flexibility index (Phi) is 5.78. The first-order valence-electron chi connectivity index (χ1n) is 8.08. The zero-order valence-electron chi connectivity index (χ0n) is 14.1. The number of halogens is 2. The Morgan fingerprint density at radius 1 is 0.889 bits per heavy atom. The number of nitrogens with zero attached hydrogens (tertiary/aromatic N) is 1. The van der Waals surface area contributed by atoms with Gasteiger partial charge in [-0.05, 0) is 54.1 Å². The summed E-state index contributed by atoms with van der Waals surface area (Å²) in [6, 6.07) is 17.1. The molecule has 0 bridgehead atoms. The maximum atomic E-state index is 12.9. The van der Waals surface area contributed by atoms with E-state index in [0.717, 1.165) is 5.56 Å². The van der Waals surface area contributed by atoms with Gasteiger partial charge in [-0.15, -0.1) is 0 Å². The molecule has 0 saturated carbocycles. The predicted octanol–water partition coefficient (Wildman–Crippen LogP) is 4.06. The van der Waals surface area contributed by atoms with E-state index in [1.807, 2.05) is 0 Å². The van der Waals surface area contributed by atoms with Gasteiger partial charge in [0.05, 0.1) is 0 Å². The topological polar surface area (TPSA) is 71.1 Å². The third-order valence-electron chi connectivity index (χ3n) is 3.68. The molecular formula is C20H15ClFN3O2. The van der Waals surface area contributed by atoms with Gasteiger partial charge in [-0.2, -0.15) is 0 Å². The SMILES string of the molecule is O=C(NCc1ccc(F)cc1)c1cccc(C(=O)Nc2ccc(Cl)cc2)n1. The van der Waals surface area contributed by atoms with E-state index in [1.54, 1.807) is 42.5 Å². The molecule has 5 nitrogen and oxygen atoms in total. The first-order chi connectivity index (χ1) is 13.0. The summed E-state index contributed by atoms with van der Waals surface area (Å²) in [7, 11) is 0. The van der Waals surface area contributed by atoms with E-state index in [9.17, 15) is 14.0 Å². The third kappa shape index (κ3) is 5.12. The van der Waals surface area contributed by atoms with Crippen molar-refractivity contribution in [2.24, 2.45) is 0 Å². The third-order valence-corrected chi connectivity index (χ3v) is 3.93. The average molecular weight is 384 g/mol. The molecule has 27 heavy (non-hydrogen) atoms. The number of rotatable bonds is 5. The molecule has 0 spiro atoms. The number of aromatic nitrogens is 1. The summed E-state index contributed by atoms with van der Waals surface area (Å²) in [5.74, 6) is -1.21. The molecule has 0 aliphatic carbocycles. The van der Waals surface area contributed by atoms with Crippen molar-refractivity contribution in [2.45, 2.75) is 6.54 Å². The van der Waals surface area contributed by atoms with Crippen LogP contribution in [0.3, 0.4) is 0 Å². The largest absolute Gasteiger partial charge is 0.347 e. The van der Waals surface area contributed by atoms with Crippen LogP contribution in [0.2, 0.25) is 5.02 Å². The standard InChI is InChI=1S/C20H15ClFN3O2/c21-14-6-10-16(11-7-14)24-20(27)18-3-1-2-17(25-18)19(26)23-12-13-4-8-15(22)9-5-13/h1-11H,12H2,(H,23,26)(H,24,27). The fourth-order valence-corrected chi connectivity index (χ4v) is 2.42. The maximum absolute atomic E-state index is 12.9. The summed E-state index contributed by atoms with van der Waals surface area (Å²) in [4.78, 5) is 28.7. The number of nitrogens with one attached hydrogen (secondary N) is 2. The number of carbonyl (C=O) groups excluding carboxylic acids is 2. The Hall–Kier alpha value is -3.25. The Morgan fingerprint density at radius 2 is 1.52 bits per heavy atom. The number of carbonyl (C=O) groups is 2. The molecule has 7 heteroatoms. The van der Waals surface area contributed by atoms with Crippen molar-refractivity contribution in [3.8, 4) is 0 Å². The zero-order chi connectivity index (χ0) is 19.2. The van der Waals surface area contributed by atoms with E-state index in [2.05, 4.69) is 15.6 Å². The highest BCUT2D eigenvalue weighted by Gasteiger charge is 2.12. The van der Waals surface area contributed by atoms with Crippen molar-refractivity contribution >= 4 is 29.1 Å². The van der Waals surface area contributed by atoms with E-state index in [4.69, 9.17) is 11.6 Å². The molecule has 2 amide bonds. The summed E-state index contributed by atoms with van der Waals surface area (Å²) < 4.78 is 12.9. The summed E-state index contributed by atoms with van der Waals surface area (Å²) in [5.41, 5.74) is 1.54. The van der Waals surface area contributed by atoms with Crippen LogP contribution in [0, 0.1) is 5.82 Å². The van der Waals surface area contributed by atoms with Crippen molar-refractivity contribution in [2.75, 3.05) is 5.32 Å². The summed E-state index contributed by atoms with van der Waals surface area (Å²) in [6.07, 6.45) is 0. The Morgan fingerprint density at radius 3 is 2.19 bits per heavy atom. The molecule has 3 rings (SSSR count). The molecule has 2 N–H and O–H groups in total. The number of benzene rings is 2. The van der Waals surface area contributed by atoms with E-state index in [1.165, 1.54) is 24.3 Å². The predicted molar refractivity (Wildman–Crippen MR) is 101 cm³/mol. The van der Waals surface area contributed by atoms with Crippen LogP contribution in [0.15, 0.2) is 66.7 Å². The Labute approximate surface area is 160 Å². The second-order valence-electron chi connectivity index (χ2n) is 5.68. The molecule has 136 valence electrons. The smallest absolute Gasteiger partial charge is 0.274 e. The quantitative estimate of drug-likeness (QED) is 0.698. The second kappa shape index (κ2) is 8.42. The van der Waals surface area contributed by atoms with Crippen LogP contribution in [-0.4, -0.2) is 16.8 Å². The lowest BCUT2D eigenvalue weighted by Gasteiger charge is -2.08. The van der Waals surface area contributed by atoms with E-state index in [0.29, 0.717) is 10.7 Å². The molecule has 2 aromatic carbocycles. The van der Waals surface area contributed by atoms with Gasteiger partial charge in [0.15, 0.2) is 0 Å². The van der Waals surface area contributed by atoms with Crippen LogP contribution < -0.4 is 10.6 Å². The van der Waals surface area contributed by atoms with Crippen LogP contribution in [0.5, 0.6) is 0 Å². The summed E-state index contributed by atoms with van der Waals surface area (Å²) in [5, 5.41) is 5.93. The lowest BCUT2D eigenvalue weighted by Crippen LogP contribution is -2.25. The van der Waals surface area contributed by atoms with E-state index < -0.39 is 11.8 Å². The minimum atomic E-state index is -0.439. The molecular weight excluding hydrogens is 369 g/mol. The van der Waals surface area contributed by atoms with Crippen LogP contribution in [-0.2, 0) is 6.54 Å². The van der Waals surface area contributed by atoms with Crippen LogP contribution in [0.25, 0.3) is 0 Å². The molecule has 0 aliphatic rings. The average Bonchev–Trinajstić information content (AvgIpc) is 2.69. The first-order valence-corrected chi connectivity index (χ1v) is 8.46. The number of anilines is 1. The van der Waals surface area contributed by atoms with Gasteiger partial charge in [0, 0.05) is 17.3 Å². The summed E-state index contributed by atoms with van der Waals surface area (Å²) >= 11 is 5.81. The molecule has 0 saturated heterocycles. The van der Waals surface area contributed by atoms with Crippen LogP contribution in [0.1, 0.15) is 26.5 Å². The summed E-state index contributed by atoms with van der Waals surface area (Å²) in [6.45, 7) is 0.224. The first kappa shape index (κ1) is 18.5. The highest BCUT2D eigenvalue weighted by Crippen LogP contribution is 2.14. The van der Waals surface area contributed by atoms with Gasteiger partial charge in [-0.3, -0.25) is 9.59 Å². The van der Waals surface area contributed by atoms with Crippen molar-refractivity contribution in [1.82, 2.24) is 10.3 Å². The van der Waals surface area contributed by atoms with Gasteiger partial charge < -0.3 is 10.6 Å². The number of amides is 2. The molecule has 0 radical (unpaired) electrons. The molecule has 0 fully saturated rings. The van der Waals surface area contributed by atoms with Gasteiger partial charge in [0.2, 0.25) is 0 Å².